The van der Waals surface area contributed by atoms with Crippen LogP contribution in [0.1, 0.15) is 12.8 Å². The molecule has 92 valence electrons. The molecule has 0 unspecified atom stereocenters. The van der Waals surface area contributed by atoms with Crippen molar-refractivity contribution in [3.8, 4) is 5.75 Å². The first-order valence-corrected chi connectivity index (χ1v) is 5.70. The third-order valence-electron chi connectivity index (χ3n) is 2.90. The second-order valence-corrected chi connectivity index (χ2v) is 4.08. The van der Waals surface area contributed by atoms with Crippen molar-refractivity contribution in [2.45, 2.75) is 12.8 Å². The number of nitrogens with two attached hydrogens (primary N) is 1. The first-order valence-electron chi connectivity index (χ1n) is 5.70. The van der Waals surface area contributed by atoms with Crippen LogP contribution in [-0.4, -0.2) is 31.1 Å². The Labute approximate surface area is 101 Å². The molecule has 5 nitrogen and oxygen atoms in total. The maximum Gasteiger partial charge on any atom is 0.321 e. The van der Waals surface area contributed by atoms with Gasteiger partial charge in [0.2, 0.25) is 0 Å². The normalized spacial score (nSPS) is 14.8. The van der Waals surface area contributed by atoms with Crippen molar-refractivity contribution in [2.24, 2.45) is 0 Å². The largest absolute Gasteiger partial charge is 0.497 e. The molecule has 1 fully saturated rings. The predicted octanol–water partition coefficient (Wildman–Crippen LogP) is 1.91. The number of anilines is 2. The monoisotopic (exact) mass is 235 g/mol. The van der Waals surface area contributed by atoms with E-state index >= 15 is 0 Å². The molecule has 17 heavy (non-hydrogen) atoms. The van der Waals surface area contributed by atoms with Gasteiger partial charge in [0.05, 0.1) is 18.5 Å². The maximum absolute atomic E-state index is 11.9. The van der Waals surface area contributed by atoms with Crippen molar-refractivity contribution < 1.29 is 9.53 Å². The molecule has 1 aromatic rings. The van der Waals surface area contributed by atoms with Gasteiger partial charge in [-0.05, 0) is 25.0 Å². The SMILES string of the molecule is COc1ccc(N)c(NC(=O)N2CCCC2)c1. The topological polar surface area (TPSA) is 67.6 Å². The zero-order chi connectivity index (χ0) is 12.3. The quantitative estimate of drug-likeness (QED) is 0.769. The smallest absolute Gasteiger partial charge is 0.321 e. The highest BCUT2D eigenvalue weighted by Crippen LogP contribution is 2.25. The molecule has 1 aromatic carbocycles. The first kappa shape index (κ1) is 11.6. The number of hydrogen-bond donors (Lipinski definition) is 2. The van der Waals surface area contributed by atoms with Gasteiger partial charge >= 0.3 is 6.03 Å². The number of benzene rings is 1. The number of nitrogens with zero attached hydrogens (tertiary/aromatic N) is 1. The fraction of sp³-hybridized carbons (Fsp3) is 0.417. The number of rotatable bonds is 2. The van der Waals surface area contributed by atoms with Crippen molar-refractivity contribution in [3.63, 3.8) is 0 Å². The minimum atomic E-state index is -0.0950. The minimum Gasteiger partial charge on any atom is -0.497 e. The molecule has 0 aromatic heterocycles. The zero-order valence-corrected chi connectivity index (χ0v) is 9.90. The summed E-state index contributed by atoms with van der Waals surface area (Å²) in [6.45, 7) is 1.63. The van der Waals surface area contributed by atoms with E-state index in [0.29, 0.717) is 17.1 Å². The van der Waals surface area contributed by atoms with Crippen molar-refractivity contribution in [1.29, 1.82) is 0 Å². The Morgan fingerprint density at radius 1 is 1.41 bits per heavy atom. The molecular weight excluding hydrogens is 218 g/mol. The molecule has 1 aliphatic heterocycles. The highest BCUT2D eigenvalue weighted by Gasteiger charge is 2.18. The van der Waals surface area contributed by atoms with Gasteiger partial charge in [-0.2, -0.15) is 0 Å². The van der Waals surface area contributed by atoms with E-state index in [2.05, 4.69) is 5.32 Å². The van der Waals surface area contributed by atoms with Crippen LogP contribution in [0.5, 0.6) is 5.75 Å². The highest BCUT2D eigenvalue weighted by molar-refractivity contribution is 5.93. The van der Waals surface area contributed by atoms with Crippen LogP contribution in [0.4, 0.5) is 16.2 Å². The number of amides is 2. The van der Waals surface area contributed by atoms with Gasteiger partial charge in [-0.15, -0.1) is 0 Å². The molecule has 1 saturated heterocycles. The van der Waals surface area contributed by atoms with Gasteiger partial charge in [0.25, 0.3) is 0 Å². The van der Waals surface area contributed by atoms with Gasteiger partial charge in [0.1, 0.15) is 5.75 Å². The summed E-state index contributed by atoms with van der Waals surface area (Å²) in [6.07, 6.45) is 2.14. The highest BCUT2D eigenvalue weighted by atomic mass is 16.5. The van der Waals surface area contributed by atoms with E-state index in [1.165, 1.54) is 0 Å². The van der Waals surface area contributed by atoms with Crippen LogP contribution in [0.3, 0.4) is 0 Å². The standard InChI is InChI=1S/C12H17N3O2/c1-17-9-4-5-10(13)11(8-9)14-12(16)15-6-2-3-7-15/h4-5,8H,2-3,6-7,13H2,1H3,(H,14,16). The lowest BCUT2D eigenvalue weighted by molar-refractivity contribution is 0.222. The van der Waals surface area contributed by atoms with Crippen LogP contribution >= 0.6 is 0 Å². The summed E-state index contributed by atoms with van der Waals surface area (Å²) in [5.41, 5.74) is 6.94. The number of carbonyl (C=O) groups excluding carboxylic acids is 1. The number of hydrogen-bond acceptors (Lipinski definition) is 3. The van der Waals surface area contributed by atoms with E-state index in [0.717, 1.165) is 25.9 Å². The van der Waals surface area contributed by atoms with E-state index in [1.54, 1.807) is 30.2 Å². The molecule has 0 saturated carbocycles. The lowest BCUT2D eigenvalue weighted by Gasteiger charge is -2.17. The average molecular weight is 235 g/mol. The summed E-state index contributed by atoms with van der Waals surface area (Å²) >= 11 is 0. The molecule has 1 heterocycles. The lowest BCUT2D eigenvalue weighted by atomic mass is 10.2. The van der Waals surface area contributed by atoms with Crippen LogP contribution in [0.15, 0.2) is 18.2 Å². The van der Waals surface area contributed by atoms with Crippen LogP contribution in [0, 0.1) is 0 Å². The molecule has 2 rings (SSSR count). The van der Waals surface area contributed by atoms with E-state index in [4.69, 9.17) is 10.5 Å². The lowest BCUT2D eigenvalue weighted by Crippen LogP contribution is -2.32. The van der Waals surface area contributed by atoms with E-state index in [9.17, 15) is 4.79 Å². The Hall–Kier alpha value is -1.91. The molecule has 2 amide bonds. The number of ether oxygens (including phenoxy) is 1. The van der Waals surface area contributed by atoms with Crippen LogP contribution in [-0.2, 0) is 0 Å². The number of nitrogen functional groups attached to an aromatic ring is 1. The number of carbonyl (C=O) groups is 1. The molecule has 3 N–H and O–H groups in total. The number of urea groups is 1. The van der Waals surface area contributed by atoms with Crippen molar-refractivity contribution >= 4 is 17.4 Å². The molecule has 1 aliphatic rings. The Balaban J connectivity index is 2.09. The number of likely N-dealkylation sites (tertiary alicyclic amines) is 1. The summed E-state index contributed by atoms with van der Waals surface area (Å²) in [5.74, 6) is 0.677. The fourth-order valence-electron chi connectivity index (χ4n) is 1.89. The first-order chi connectivity index (χ1) is 8.20. The minimum absolute atomic E-state index is 0.0950. The number of methoxy groups -OCH3 is 1. The third kappa shape index (κ3) is 2.61. The molecule has 0 aliphatic carbocycles. The molecule has 0 atom stereocenters. The van der Waals surface area contributed by atoms with E-state index < -0.39 is 0 Å². The third-order valence-corrected chi connectivity index (χ3v) is 2.90. The van der Waals surface area contributed by atoms with E-state index in [-0.39, 0.29) is 6.03 Å². The van der Waals surface area contributed by atoms with Crippen LogP contribution in [0.2, 0.25) is 0 Å². The molecule has 5 heteroatoms. The zero-order valence-electron chi connectivity index (χ0n) is 9.90. The molecule has 0 radical (unpaired) electrons. The molecule has 0 spiro atoms. The Morgan fingerprint density at radius 3 is 2.76 bits per heavy atom. The van der Waals surface area contributed by atoms with E-state index in [1.807, 2.05) is 0 Å². The van der Waals surface area contributed by atoms with Gasteiger partial charge in [-0.3, -0.25) is 0 Å². The summed E-state index contributed by atoms with van der Waals surface area (Å²) < 4.78 is 5.10. The Bertz CT molecular complexity index is 414. The average Bonchev–Trinajstić information content (AvgIpc) is 2.85. The van der Waals surface area contributed by atoms with Gasteiger partial charge < -0.3 is 20.7 Å². The number of nitrogens with one attached hydrogen (secondary N) is 1. The van der Waals surface area contributed by atoms with Gasteiger partial charge in [-0.1, -0.05) is 0 Å². The summed E-state index contributed by atoms with van der Waals surface area (Å²) in [5, 5.41) is 2.81. The second-order valence-electron chi connectivity index (χ2n) is 4.08. The van der Waals surface area contributed by atoms with Crippen LogP contribution in [0.25, 0.3) is 0 Å². The van der Waals surface area contributed by atoms with Crippen molar-refractivity contribution in [2.75, 3.05) is 31.2 Å². The molecular formula is C12H17N3O2. The fourth-order valence-corrected chi connectivity index (χ4v) is 1.89. The van der Waals surface area contributed by atoms with Crippen LogP contribution < -0.4 is 15.8 Å². The van der Waals surface area contributed by atoms with Gasteiger partial charge in [0, 0.05) is 19.2 Å². The molecule has 0 bridgehead atoms. The maximum atomic E-state index is 11.9. The van der Waals surface area contributed by atoms with Crippen molar-refractivity contribution in [3.05, 3.63) is 18.2 Å². The Morgan fingerprint density at radius 2 is 2.12 bits per heavy atom. The predicted molar refractivity (Wildman–Crippen MR) is 67.2 cm³/mol. The second kappa shape index (κ2) is 4.95. The van der Waals surface area contributed by atoms with Crippen molar-refractivity contribution in [1.82, 2.24) is 4.90 Å². The summed E-state index contributed by atoms with van der Waals surface area (Å²) in [7, 11) is 1.58. The Kier molecular flexibility index (Phi) is 3.37. The summed E-state index contributed by atoms with van der Waals surface area (Å²) in [4.78, 5) is 13.7. The van der Waals surface area contributed by atoms with Gasteiger partial charge in [0.15, 0.2) is 0 Å². The van der Waals surface area contributed by atoms with Gasteiger partial charge in [-0.25, -0.2) is 4.79 Å². The summed E-state index contributed by atoms with van der Waals surface area (Å²) in [6, 6.07) is 5.12.